The number of rotatable bonds is 5. The Kier molecular flexibility index (Phi) is 3.84. The number of aliphatic carboxylic acids is 1. The van der Waals surface area contributed by atoms with Gasteiger partial charge in [0.25, 0.3) is 0 Å². The molecule has 0 aromatic carbocycles. The van der Waals surface area contributed by atoms with Crippen molar-refractivity contribution in [1.29, 1.82) is 0 Å². The summed E-state index contributed by atoms with van der Waals surface area (Å²) in [5, 5.41) is 8.85. The third-order valence-electron chi connectivity index (χ3n) is 3.33. The van der Waals surface area contributed by atoms with Crippen LogP contribution < -0.4 is 0 Å². The van der Waals surface area contributed by atoms with Crippen LogP contribution in [0.1, 0.15) is 37.7 Å². The van der Waals surface area contributed by atoms with Crippen LogP contribution in [0.15, 0.2) is 16.5 Å². The summed E-state index contributed by atoms with van der Waals surface area (Å²) in [6, 6.07) is 4.16. The van der Waals surface area contributed by atoms with E-state index in [1.54, 1.807) is 0 Å². The van der Waals surface area contributed by atoms with E-state index in [0.29, 0.717) is 0 Å². The Hall–Kier alpha value is -1.29. The number of carbonyl (C=O) groups is 1. The zero-order chi connectivity index (χ0) is 12.3. The highest BCUT2D eigenvalue weighted by Crippen LogP contribution is 2.23. The number of furan rings is 1. The first-order valence-corrected chi connectivity index (χ1v) is 6.22. The fourth-order valence-corrected chi connectivity index (χ4v) is 2.43. The monoisotopic (exact) mass is 237 g/mol. The van der Waals surface area contributed by atoms with E-state index in [-0.39, 0.29) is 12.5 Å². The van der Waals surface area contributed by atoms with Crippen molar-refractivity contribution in [3.8, 4) is 0 Å². The number of likely N-dealkylation sites (tertiary alicyclic amines) is 1. The summed E-state index contributed by atoms with van der Waals surface area (Å²) in [5.74, 6) is 1.23. The molecule has 2 rings (SSSR count). The minimum absolute atomic E-state index is 0.169. The van der Waals surface area contributed by atoms with Crippen LogP contribution in [0.3, 0.4) is 0 Å². The maximum atomic E-state index is 10.8. The van der Waals surface area contributed by atoms with E-state index in [2.05, 4.69) is 11.8 Å². The lowest BCUT2D eigenvalue weighted by molar-refractivity contribution is -0.138. The Morgan fingerprint density at radius 1 is 1.53 bits per heavy atom. The summed E-state index contributed by atoms with van der Waals surface area (Å²) in [6.07, 6.45) is 3.20. The van der Waals surface area contributed by atoms with E-state index in [1.807, 2.05) is 12.1 Å². The average molecular weight is 237 g/mol. The molecule has 1 N–H and O–H groups in total. The van der Waals surface area contributed by atoms with Crippen LogP contribution in [0.2, 0.25) is 0 Å². The molecule has 1 aromatic rings. The van der Waals surface area contributed by atoms with Gasteiger partial charge >= 0.3 is 5.97 Å². The molecule has 1 unspecified atom stereocenters. The van der Waals surface area contributed by atoms with Crippen molar-refractivity contribution in [2.75, 3.05) is 6.54 Å². The van der Waals surface area contributed by atoms with Crippen molar-refractivity contribution in [3.05, 3.63) is 23.7 Å². The average Bonchev–Trinajstić information content (AvgIpc) is 2.89. The first-order valence-electron chi connectivity index (χ1n) is 6.22. The summed E-state index contributed by atoms with van der Waals surface area (Å²) in [5.41, 5.74) is 0. The van der Waals surface area contributed by atoms with Crippen molar-refractivity contribution in [2.45, 2.75) is 45.2 Å². The Labute approximate surface area is 101 Å². The minimum Gasteiger partial charge on any atom is -0.481 e. The van der Waals surface area contributed by atoms with Crippen LogP contribution in [0, 0.1) is 0 Å². The molecular formula is C13H19NO3. The third-order valence-corrected chi connectivity index (χ3v) is 3.33. The highest BCUT2D eigenvalue weighted by molar-refractivity contribution is 5.67. The topological polar surface area (TPSA) is 53.7 Å². The molecule has 1 aliphatic rings. The SMILES string of the molecule is CCc1ccc(CN2CCCC2CC(=O)O)o1. The number of hydrogen-bond acceptors (Lipinski definition) is 3. The van der Waals surface area contributed by atoms with Gasteiger partial charge in [-0.05, 0) is 31.5 Å². The predicted octanol–water partition coefficient (Wildman–Crippen LogP) is 2.28. The van der Waals surface area contributed by atoms with Gasteiger partial charge in [-0.3, -0.25) is 9.69 Å². The lowest BCUT2D eigenvalue weighted by atomic mass is 10.1. The Bertz CT molecular complexity index is 386. The molecular weight excluding hydrogens is 218 g/mol. The van der Waals surface area contributed by atoms with Crippen molar-refractivity contribution >= 4 is 5.97 Å². The molecule has 4 heteroatoms. The Morgan fingerprint density at radius 3 is 2.94 bits per heavy atom. The van der Waals surface area contributed by atoms with E-state index in [0.717, 1.165) is 43.9 Å². The van der Waals surface area contributed by atoms with Gasteiger partial charge in [-0.25, -0.2) is 0 Å². The minimum atomic E-state index is -0.712. The van der Waals surface area contributed by atoms with Gasteiger partial charge in [-0.1, -0.05) is 6.92 Å². The summed E-state index contributed by atoms with van der Waals surface area (Å²) < 4.78 is 5.66. The second kappa shape index (κ2) is 5.36. The zero-order valence-corrected chi connectivity index (χ0v) is 10.2. The first-order chi connectivity index (χ1) is 8.19. The normalized spacial score (nSPS) is 20.9. The van der Waals surface area contributed by atoms with Crippen molar-refractivity contribution < 1.29 is 14.3 Å². The van der Waals surface area contributed by atoms with Gasteiger partial charge in [0.05, 0.1) is 13.0 Å². The Balaban J connectivity index is 1.95. The van der Waals surface area contributed by atoms with Gasteiger partial charge in [-0.2, -0.15) is 0 Å². The van der Waals surface area contributed by atoms with E-state index in [9.17, 15) is 4.79 Å². The van der Waals surface area contributed by atoms with Gasteiger partial charge in [0.1, 0.15) is 11.5 Å². The zero-order valence-electron chi connectivity index (χ0n) is 10.2. The molecule has 0 spiro atoms. The number of hydrogen-bond donors (Lipinski definition) is 1. The lowest BCUT2D eigenvalue weighted by Gasteiger charge is -2.21. The molecule has 94 valence electrons. The van der Waals surface area contributed by atoms with E-state index < -0.39 is 5.97 Å². The highest BCUT2D eigenvalue weighted by atomic mass is 16.4. The van der Waals surface area contributed by atoms with Crippen LogP contribution in [0.4, 0.5) is 0 Å². The molecule has 0 saturated carbocycles. The van der Waals surface area contributed by atoms with Crippen LogP contribution in [-0.2, 0) is 17.8 Å². The van der Waals surface area contributed by atoms with Gasteiger partial charge in [0.2, 0.25) is 0 Å². The second-order valence-electron chi connectivity index (χ2n) is 4.59. The van der Waals surface area contributed by atoms with E-state index in [1.165, 1.54) is 0 Å². The standard InChI is InChI=1S/C13H19NO3/c1-2-11-5-6-12(17-11)9-14-7-3-4-10(14)8-13(15)16/h5-6,10H,2-4,7-9H2,1H3,(H,15,16). The van der Waals surface area contributed by atoms with Crippen molar-refractivity contribution in [3.63, 3.8) is 0 Å². The molecule has 0 bridgehead atoms. The molecule has 0 amide bonds. The molecule has 2 heterocycles. The molecule has 17 heavy (non-hydrogen) atoms. The quantitative estimate of drug-likeness (QED) is 0.853. The predicted molar refractivity (Wildman–Crippen MR) is 63.8 cm³/mol. The molecule has 1 atom stereocenters. The maximum Gasteiger partial charge on any atom is 0.304 e. The third kappa shape index (κ3) is 3.09. The maximum absolute atomic E-state index is 10.8. The van der Waals surface area contributed by atoms with Crippen molar-refractivity contribution in [2.24, 2.45) is 0 Å². The fourth-order valence-electron chi connectivity index (χ4n) is 2.43. The van der Waals surface area contributed by atoms with E-state index in [4.69, 9.17) is 9.52 Å². The van der Waals surface area contributed by atoms with Gasteiger partial charge in [0, 0.05) is 12.5 Å². The smallest absolute Gasteiger partial charge is 0.304 e. The summed E-state index contributed by atoms with van der Waals surface area (Å²) in [7, 11) is 0. The van der Waals surface area contributed by atoms with Crippen molar-refractivity contribution in [1.82, 2.24) is 4.90 Å². The van der Waals surface area contributed by atoms with Crippen LogP contribution in [0.5, 0.6) is 0 Å². The molecule has 0 radical (unpaired) electrons. The summed E-state index contributed by atoms with van der Waals surface area (Å²) >= 11 is 0. The molecule has 1 fully saturated rings. The van der Waals surface area contributed by atoms with Crippen LogP contribution >= 0.6 is 0 Å². The molecule has 0 aliphatic carbocycles. The van der Waals surface area contributed by atoms with Gasteiger partial charge in [0.15, 0.2) is 0 Å². The van der Waals surface area contributed by atoms with E-state index >= 15 is 0 Å². The molecule has 1 aliphatic heterocycles. The number of aryl methyl sites for hydroxylation is 1. The lowest BCUT2D eigenvalue weighted by Crippen LogP contribution is -2.30. The molecule has 1 aromatic heterocycles. The fraction of sp³-hybridized carbons (Fsp3) is 0.615. The van der Waals surface area contributed by atoms with Crippen LogP contribution in [-0.4, -0.2) is 28.6 Å². The molecule has 1 saturated heterocycles. The number of carboxylic acids is 1. The first kappa shape index (κ1) is 12.2. The van der Waals surface area contributed by atoms with Gasteiger partial charge in [-0.15, -0.1) is 0 Å². The highest BCUT2D eigenvalue weighted by Gasteiger charge is 2.27. The largest absolute Gasteiger partial charge is 0.481 e. The Morgan fingerprint density at radius 2 is 2.29 bits per heavy atom. The number of carboxylic acid groups (broad SMARTS) is 1. The summed E-state index contributed by atoms with van der Waals surface area (Å²) in [6.45, 7) is 3.77. The molecule has 4 nitrogen and oxygen atoms in total. The second-order valence-corrected chi connectivity index (χ2v) is 4.59. The summed E-state index contributed by atoms with van der Waals surface area (Å²) in [4.78, 5) is 13.0. The van der Waals surface area contributed by atoms with Gasteiger partial charge < -0.3 is 9.52 Å². The van der Waals surface area contributed by atoms with Crippen LogP contribution in [0.25, 0.3) is 0 Å². The number of nitrogens with zero attached hydrogens (tertiary/aromatic N) is 1.